The summed E-state index contributed by atoms with van der Waals surface area (Å²) in [6.45, 7) is 0.919. The van der Waals surface area contributed by atoms with Crippen LogP contribution in [0.15, 0.2) is 0 Å². The molecule has 0 bridgehead atoms. The van der Waals surface area contributed by atoms with E-state index < -0.39 is 36.0 Å². The van der Waals surface area contributed by atoms with Crippen LogP contribution in [-0.4, -0.2) is 72.1 Å². The summed E-state index contributed by atoms with van der Waals surface area (Å²) >= 11 is 0. The van der Waals surface area contributed by atoms with Gasteiger partial charge in [0.05, 0.1) is 6.61 Å². The zero-order chi connectivity index (χ0) is 13.6. The molecule has 7 heteroatoms. The molecule has 100 valence electrons. The largest absolute Gasteiger partial charge is 0.388 e. The average Bonchev–Trinajstić information content (AvgIpc) is 2.28. The Morgan fingerprint density at radius 3 is 2.00 bits per heavy atom. The molecule has 0 spiro atoms. The van der Waals surface area contributed by atoms with Crippen LogP contribution in [0.2, 0.25) is 0 Å². The van der Waals surface area contributed by atoms with Gasteiger partial charge in [-0.15, -0.1) is 0 Å². The SMILES string of the molecule is COC[C@@H](O)[C@@H](O)[C@H](OC)C(=O)C(=O)C(C)O. The van der Waals surface area contributed by atoms with Crippen LogP contribution in [0.5, 0.6) is 0 Å². The van der Waals surface area contributed by atoms with Crippen molar-refractivity contribution in [1.29, 1.82) is 0 Å². The van der Waals surface area contributed by atoms with E-state index in [0.29, 0.717) is 0 Å². The van der Waals surface area contributed by atoms with Crippen molar-refractivity contribution >= 4 is 11.6 Å². The fourth-order valence-electron chi connectivity index (χ4n) is 1.22. The van der Waals surface area contributed by atoms with Crippen LogP contribution in [0.25, 0.3) is 0 Å². The summed E-state index contributed by atoms with van der Waals surface area (Å²) in [7, 11) is 2.42. The van der Waals surface area contributed by atoms with E-state index in [4.69, 9.17) is 5.11 Å². The van der Waals surface area contributed by atoms with Crippen molar-refractivity contribution in [1.82, 2.24) is 0 Å². The molecule has 3 N–H and O–H groups in total. The number of carbonyl (C=O) groups is 2. The predicted molar refractivity (Wildman–Crippen MR) is 56.4 cm³/mol. The van der Waals surface area contributed by atoms with E-state index in [-0.39, 0.29) is 6.61 Å². The smallest absolute Gasteiger partial charge is 0.232 e. The van der Waals surface area contributed by atoms with Crippen molar-refractivity contribution in [3.8, 4) is 0 Å². The topological polar surface area (TPSA) is 113 Å². The van der Waals surface area contributed by atoms with Crippen LogP contribution in [0, 0.1) is 0 Å². The van der Waals surface area contributed by atoms with Gasteiger partial charge < -0.3 is 24.8 Å². The fourth-order valence-corrected chi connectivity index (χ4v) is 1.22. The highest BCUT2D eigenvalue weighted by Gasteiger charge is 2.36. The third kappa shape index (κ3) is 4.49. The monoisotopic (exact) mass is 250 g/mol. The van der Waals surface area contributed by atoms with Crippen LogP contribution < -0.4 is 0 Å². The van der Waals surface area contributed by atoms with Crippen LogP contribution in [0.3, 0.4) is 0 Å². The first kappa shape index (κ1) is 16.1. The molecule has 1 unspecified atom stereocenters. The van der Waals surface area contributed by atoms with Gasteiger partial charge in [-0.3, -0.25) is 9.59 Å². The standard InChI is InChI=1S/C10H18O7/c1-5(11)7(13)9(15)10(17-3)8(14)6(12)4-16-2/h5-6,8,10-12,14H,4H2,1-3H3/t5?,6-,8-,10+/m1/s1. The molecule has 0 rings (SSSR count). The number of aliphatic hydroxyl groups is 3. The van der Waals surface area contributed by atoms with Crippen LogP contribution >= 0.6 is 0 Å². The minimum atomic E-state index is -1.60. The van der Waals surface area contributed by atoms with Gasteiger partial charge >= 0.3 is 0 Å². The first-order chi connectivity index (χ1) is 7.86. The number of methoxy groups -OCH3 is 2. The number of rotatable bonds is 8. The summed E-state index contributed by atoms with van der Waals surface area (Å²) in [5.41, 5.74) is 0. The Bertz CT molecular complexity index is 263. The number of hydrogen-bond donors (Lipinski definition) is 3. The Balaban J connectivity index is 4.71. The molecule has 0 saturated heterocycles. The highest BCUT2D eigenvalue weighted by atomic mass is 16.5. The molecular weight excluding hydrogens is 232 g/mol. The van der Waals surface area contributed by atoms with E-state index in [1.807, 2.05) is 0 Å². The van der Waals surface area contributed by atoms with Crippen molar-refractivity contribution < 1.29 is 34.4 Å². The van der Waals surface area contributed by atoms with Crippen molar-refractivity contribution in [3.05, 3.63) is 0 Å². The molecule has 0 saturated carbocycles. The lowest BCUT2D eigenvalue weighted by molar-refractivity contribution is -0.156. The zero-order valence-electron chi connectivity index (χ0n) is 9.99. The molecule has 0 fully saturated rings. The molecule has 0 aliphatic rings. The Morgan fingerprint density at radius 2 is 1.65 bits per heavy atom. The zero-order valence-corrected chi connectivity index (χ0v) is 9.99. The second-order valence-electron chi connectivity index (χ2n) is 3.57. The molecule has 4 atom stereocenters. The second kappa shape index (κ2) is 7.46. The average molecular weight is 250 g/mol. The summed E-state index contributed by atoms with van der Waals surface area (Å²) in [4.78, 5) is 22.7. The summed E-state index contributed by atoms with van der Waals surface area (Å²) < 4.78 is 9.26. The molecule has 0 aromatic carbocycles. The number of carbonyl (C=O) groups excluding carboxylic acids is 2. The maximum absolute atomic E-state index is 11.5. The van der Waals surface area contributed by atoms with Gasteiger partial charge in [-0.2, -0.15) is 0 Å². The number of Topliss-reactive ketones (excluding diaryl/α,β-unsaturated/α-hetero) is 2. The Kier molecular flexibility index (Phi) is 7.09. The Morgan fingerprint density at radius 1 is 1.12 bits per heavy atom. The summed E-state index contributed by atoms with van der Waals surface area (Å²) in [6.07, 6.45) is -5.97. The third-order valence-electron chi connectivity index (χ3n) is 2.18. The molecule has 17 heavy (non-hydrogen) atoms. The lowest BCUT2D eigenvalue weighted by Crippen LogP contribution is -2.49. The van der Waals surface area contributed by atoms with E-state index in [9.17, 15) is 19.8 Å². The van der Waals surface area contributed by atoms with Gasteiger partial charge in [-0.25, -0.2) is 0 Å². The van der Waals surface area contributed by atoms with E-state index >= 15 is 0 Å². The Labute approximate surface area is 99.0 Å². The van der Waals surface area contributed by atoms with Gasteiger partial charge in [-0.05, 0) is 6.92 Å². The summed E-state index contributed by atoms with van der Waals surface area (Å²) in [5, 5.41) is 28.0. The van der Waals surface area contributed by atoms with Crippen molar-refractivity contribution in [2.75, 3.05) is 20.8 Å². The van der Waals surface area contributed by atoms with Crippen LogP contribution in [0.1, 0.15) is 6.92 Å². The Hall–Kier alpha value is -0.860. The lowest BCUT2D eigenvalue weighted by atomic mass is 10.00. The number of hydrogen-bond acceptors (Lipinski definition) is 7. The first-order valence-electron chi connectivity index (χ1n) is 5.00. The van der Waals surface area contributed by atoms with Crippen LogP contribution in [0.4, 0.5) is 0 Å². The van der Waals surface area contributed by atoms with E-state index in [0.717, 1.165) is 14.0 Å². The molecule has 0 heterocycles. The molecule has 0 radical (unpaired) electrons. The van der Waals surface area contributed by atoms with E-state index in [1.54, 1.807) is 0 Å². The molecule has 7 nitrogen and oxygen atoms in total. The van der Waals surface area contributed by atoms with Crippen molar-refractivity contribution in [3.63, 3.8) is 0 Å². The highest BCUT2D eigenvalue weighted by Crippen LogP contribution is 2.07. The van der Waals surface area contributed by atoms with Gasteiger partial charge in [0.1, 0.15) is 18.3 Å². The van der Waals surface area contributed by atoms with Crippen molar-refractivity contribution in [2.24, 2.45) is 0 Å². The van der Waals surface area contributed by atoms with Gasteiger partial charge in [-0.1, -0.05) is 0 Å². The maximum atomic E-state index is 11.5. The van der Waals surface area contributed by atoms with Gasteiger partial charge in [0.2, 0.25) is 11.6 Å². The molecule has 0 aromatic rings. The van der Waals surface area contributed by atoms with Crippen LogP contribution in [-0.2, 0) is 19.1 Å². The molecular formula is C10H18O7. The molecule has 0 aliphatic heterocycles. The van der Waals surface area contributed by atoms with Gasteiger partial charge in [0.25, 0.3) is 0 Å². The first-order valence-corrected chi connectivity index (χ1v) is 5.00. The lowest BCUT2D eigenvalue weighted by Gasteiger charge is -2.24. The second-order valence-corrected chi connectivity index (χ2v) is 3.57. The van der Waals surface area contributed by atoms with Gasteiger partial charge in [0.15, 0.2) is 6.10 Å². The normalized spacial score (nSPS) is 18.2. The number of aliphatic hydroxyl groups excluding tert-OH is 3. The third-order valence-corrected chi connectivity index (χ3v) is 2.18. The minimum absolute atomic E-state index is 0.211. The molecule has 0 aliphatic carbocycles. The number of ketones is 2. The predicted octanol–water partition coefficient (Wildman–Crippen LogP) is -2.11. The fraction of sp³-hybridized carbons (Fsp3) is 0.800. The maximum Gasteiger partial charge on any atom is 0.232 e. The summed E-state index contributed by atoms with van der Waals surface area (Å²) in [6, 6.07) is 0. The van der Waals surface area contributed by atoms with E-state index in [1.165, 1.54) is 7.11 Å². The van der Waals surface area contributed by atoms with Crippen molar-refractivity contribution in [2.45, 2.75) is 31.3 Å². The highest BCUT2D eigenvalue weighted by molar-refractivity contribution is 6.40. The van der Waals surface area contributed by atoms with Gasteiger partial charge in [0, 0.05) is 14.2 Å². The molecule has 0 amide bonds. The quantitative estimate of drug-likeness (QED) is 0.422. The molecule has 0 aromatic heterocycles. The minimum Gasteiger partial charge on any atom is -0.388 e. The summed E-state index contributed by atoms with van der Waals surface area (Å²) in [5.74, 6) is -2.18. The number of ether oxygens (including phenoxy) is 2. The van der Waals surface area contributed by atoms with E-state index in [2.05, 4.69) is 9.47 Å².